The molecule has 2 amide bonds. The molecule has 4 rings (SSSR count). The molecule has 5 heteroatoms. The van der Waals surface area contributed by atoms with Crippen molar-refractivity contribution in [3.05, 3.63) is 41.5 Å². The monoisotopic (exact) mass is 354 g/mol. The van der Waals surface area contributed by atoms with Crippen LogP contribution in [0.4, 0.5) is 5.69 Å². The van der Waals surface area contributed by atoms with Crippen LogP contribution in [0.5, 0.6) is 0 Å². The zero-order valence-corrected chi connectivity index (χ0v) is 15.4. The highest BCUT2D eigenvalue weighted by Crippen LogP contribution is 2.33. The highest BCUT2D eigenvalue weighted by molar-refractivity contribution is 5.97. The van der Waals surface area contributed by atoms with E-state index in [1.807, 2.05) is 29.2 Å². The van der Waals surface area contributed by atoms with Gasteiger partial charge in [0.05, 0.1) is 12.2 Å². The zero-order chi connectivity index (χ0) is 18.1. The van der Waals surface area contributed by atoms with Crippen LogP contribution in [-0.4, -0.2) is 48.6 Å². The van der Waals surface area contributed by atoms with Gasteiger partial charge in [-0.25, -0.2) is 0 Å². The molecule has 0 N–H and O–H groups in total. The van der Waals surface area contributed by atoms with Crippen LogP contribution < -0.4 is 4.90 Å². The number of carbonyl (C=O) groups is 2. The Hall–Kier alpha value is -2.14. The van der Waals surface area contributed by atoms with Crippen molar-refractivity contribution in [2.45, 2.75) is 44.6 Å². The van der Waals surface area contributed by atoms with E-state index in [0.717, 1.165) is 57.6 Å². The summed E-state index contributed by atoms with van der Waals surface area (Å²) in [4.78, 5) is 28.4. The maximum atomic E-state index is 12.8. The third kappa shape index (κ3) is 3.28. The average Bonchev–Trinajstić information content (AvgIpc) is 3.08. The number of piperidine rings is 1. The van der Waals surface area contributed by atoms with Gasteiger partial charge in [-0.05, 0) is 56.9 Å². The third-order valence-electron chi connectivity index (χ3n) is 5.79. The van der Waals surface area contributed by atoms with Gasteiger partial charge in [-0.3, -0.25) is 9.59 Å². The van der Waals surface area contributed by atoms with E-state index in [4.69, 9.17) is 4.74 Å². The predicted octanol–water partition coefficient (Wildman–Crippen LogP) is 3.15. The molecular weight excluding hydrogens is 328 g/mol. The quantitative estimate of drug-likeness (QED) is 0.767. The lowest BCUT2D eigenvalue weighted by Gasteiger charge is -2.42. The van der Waals surface area contributed by atoms with Crippen molar-refractivity contribution < 1.29 is 14.3 Å². The van der Waals surface area contributed by atoms with Gasteiger partial charge in [0.1, 0.15) is 0 Å². The Kier molecular flexibility index (Phi) is 4.57. The maximum absolute atomic E-state index is 12.8. The molecule has 26 heavy (non-hydrogen) atoms. The lowest BCUT2D eigenvalue weighted by Crippen LogP contribution is -2.48. The van der Waals surface area contributed by atoms with E-state index in [1.54, 1.807) is 4.90 Å². The van der Waals surface area contributed by atoms with Crippen molar-refractivity contribution in [2.24, 2.45) is 0 Å². The maximum Gasteiger partial charge on any atom is 0.253 e. The molecule has 5 nitrogen and oxygen atoms in total. The average molecular weight is 354 g/mol. The van der Waals surface area contributed by atoms with Gasteiger partial charge in [0, 0.05) is 37.3 Å². The SMILES string of the molecule is CC1=CC2(CCN(C(=O)c3ccc(N4CCCC4=O)cc3)CC2)OCC1. The van der Waals surface area contributed by atoms with Crippen molar-refractivity contribution in [1.82, 2.24) is 4.90 Å². The molecule has 0 bridgehead atoms. The van der Waals surface area contributed by atoms with E-state index >= 15 is 0 Å². The summed E-state index contributed by atoms with van der Waals surface area (Å²) in [7, 11) is 0. The number of hydrogen-bond donors (Lipinski definition) is 0. The van der Waals surface area contributed by atoms with Gasteiger partial charge in [-0.1, -0.05) is 11.6 Å². The molecule has 3 aliphatic rings. The topological polar surface area (TPSA) is 49.9 Å². The smallest absolute Gasteiger partial charge is 0.253 e. The lowest BCUT2D eigenvalue weighted by atomic mass is 9.87. The second-order valence-electron chi connectivity index (χ2n) is 7.64. The first-order valence-electron chi connectivity index (χ1n) is 9.58. The van der Waals surface area contributed by atoms with E-state index < -0.39 is 0 Å². The van der Waals surface area contributed by atoms with Crippen molar-refractivity contribution >= 4 is 17.5 Å². The van der Waals surface area contributed by atoms with Crippen molar-refractivity contribution in [3.63, 3.8) is 0 Å². The fourth-order valence-corrected chi connectivity index (χ4v) is 4.24. The molecule has 2 fully saturated rings. The minimum atomic E-state index is -0.168. The minimum Gasteiger partial charge on any atom is -0.370 e. The predicted molar refractivity (Wildman–Crippen MR) is 100 cm³/mol. The standard InChI is InChI=1S/C21H26N2O3/c1-16-8-14-26-21(15-16)9-12-22(13-10-21)20(25)17-4-6-18(7-5-17)23-11-2-3-19(23)24/h4-7,15H,2-3,8-14H2,1H3. The van der Waals surface area contributed by atoms with E-state index in [0.29, 0.717) is 12.0 Å². The van der Waals surface area contributed by atoms with E-state index in [-0.39, 0.29) is 17.4 Å². The summed E-state index contributed by atoms with van der Waals surface area (Å²) in [5, 5.41) is 0. The van der Waals surface area contributed by atoms with Gasteiger partial charge in [0.15, 0.2) is 0 Å². The molecule has 3 aliphatic heterocycles. The number of amides is 2. The second-order valence-corrected chi connectivity index (χ2v) is 7.64. The zero-order valence-electron chi connectivity index (χ0n) is 15.4. The summed E-state index contributed by atoms with van der Waals surface area (Å²) in [5.74, 6) is 0.233. The summed E-state index contributed by atoms with van der Waals surface area (Å²) < 4.78 is 6.04. The van der Waals surface area contributed by atoms with Gasteiger partial charge in [0.25, 0.3) is 5.91 Å². The Bertz CT molecular complexity index is 730. The minimum absolute atomic E-state index is 0.0654. The fourth-order valence-electron chi connectivity index (χ4n) is 4.24. The number of carbonyl (C=O) groups excluding carboxylic acids is 2. The van der Waals surface area contributed by atoms with E-state index in [9.17, 15) is 9.59 Å². The Morgan fingerprint density at radius 3 is 2.42 bits per heavy atom. The summed E-state index contributed by atoms with van der Waals surface area (Å²) >= 11 is 0. The number of rotatable bonds is 2. The summed E-state index contributed by atoms with van der Waals surface area (Å²) in [5.41, 5.74) is 2.80. The molecule has 0 atom stereocenters. The van der Waals surface area contributed by atoms with E-state index in [1.165, 1.54) is 5.57 Å². The van der Waals surface area contributed by atoms with Crippen LogP contribution in [-0.2, 0) is 9.53 Å². The molecule has 2 saturated heterocycles. The molecule has 0 aliphatic carbocycles. The van der Waals surface area contributed by atoms with Crippen LogP contribution in [0.25, 0.3) is 0 Å². The molecule has 138 valence electrons. The molecule has 0 saturated carbocycles. The number of likely N-dealkylation sites (tertiary alicyclic amines) is 1. The lowest BCUT2D eigenvalue weighted by molar-refractivity contribution is -0.117. The van der Waals surface area contributed by atoms with Crippen LogP contribution in [0, 0.1) is 0 Å². The van der Waals surface area contributed by atoms with Crippen molar-refractivity contribution in [1.29, 1.82) is 0 Å². The van der Waals surface area contributed by atoms with Gasteiger partial charge in [0.2, 0.25) is 5.91 Å². The first kappa shape index (κ1) is 17.3. The molecule has 0 unspecified atom stereocenters. The molecule has 1 aromatic carbocycles. The van der Waals surface area contributed by atoms with Gasteiger partial charge < -0.3 is 14.5 Å². The number of benzene rings is 1. The Morgan fingerprint density at radius 2 is 1.81 bits per heavy atom. The molecular formula is C21H26N2O3. The summed E-state index contributed by atoms with van der Waals surface area (Å²) in [6.07, 6.45) is 6.51. The highest BCUT2D eigenvalue weighted by atomic mass is 16.5. The molecule has 0 radical (unpaired) electrons. The van der Waals surface area contributed by atoms with Crippen LogP contribution in [0.3, 0.4) is 0 Å². The van der Waals surface area contributed by atoms with E-state index in [2.05, 4.69) is 13.0 Å². The Balaban J connectivity index is 1.41. The number of nitrogens with zero attached hydrogens (tertiary/aromatic N) is 2. The Morgan fingerprint density at radius 1 is 1.08 bits per heavy atom. The van der Waals surface area contributed by atoms with Crippen molar-refractivity contribution in [2.75, 3.05) is 31.1 Å². The molecule has 1 spiro atoms. The first-order valence-corrected chi connectivity index (χ1v) is 9.58. The summed E-state index contributed by atoms with van der Waals surface area (Å²) in [6.45, 7) is 5.15. The first-order chi connectivity index (χ1) is 12.6. The van der Waals surface area contributed by atoms with Gasteiger partial charge in [-0.15, -0.1) is 0 Å². The fraction of sp³-hybridized carbons (Fsp3) is 0.524. The molecule has 3 heterocycles. The Labute approximate surface area is 154 Å². The molecule has 1 aromatic rings. The number of hydrogen-bond acceptors (Lipinski definition) is 3. The second kappa shape index (κ2) is 6.88. The largest absolute Gasteiger partial charge is 0.370 e. The van der Waals surface area contributed by atoms with Gasteiger partial charge in [-0.2, -0.15) is 0 Å². The van der Waals surface area contributed by atoms with Crippen molar-refractivity contribution in [3.8, 4) is 0 Å². The number of anilines is 1. The van der Waals surface area contributed by atoms with Crippen LogP contribution in [0.2, 0.25) is 0 Å². The number of ether oxygens (including phenoxy) is 1. The summed E-state index contributed by atoms with van der Waals surface area (Å²) in [6, 6.07) is 7.46. The van der Waals surface area contributed by atoms with Crippen LogP contribution >= 0.6 is 0 Å². The highest BCUT2D eigenvalue weighted by Gasteiger charge is 2.36. The normalized spacial score (nSPS) is 22.7. The van der Waals surface area contributed by atoms with Gasteiger partial charge >= 0.3 is 0 Å². The third-order valence-corrected chi connectivity index (χ3v) is 5.79. The molecule has 0 aromatic heterocycles. The van der Waals surface area contributed by atoms with Crippen LogP contribution in [0.1, 0.15) is 49.4 Å². The van der Waals surface area contributed by atoms with Crippen LogP contribution in [0.15, 0.2) is 35.9 Å².